The standard InChI is InChI=1S/C18H17N3O2S/c1-12-3-5-13(6-4-12)11-16(22)19-18-21-20-17(23-18)14-7-9-15(24-2)10-8-14/h3-10H,11H2,1-2H3,(H,19,21,22). The molecule has 0 unspecified atom stereocenters. The number of nitrogens with zero attached hydrogens (tertiary/aromatic N) is 2. The molecule has 122 valence electrons. The Bertz CT molecular complexity index is 826. The van der Waals surface area contributed by atoms with E-state index < -0.39 is 0 Å². The zero-order valence-electron chi connectivity index (χ0n) is 13.4. The summed E-state index contributed by atoms with van der Waals surface area (Å²) in [6.07, 6.45) is 2.28. The molecule has 0 spiro atoms. The summed E-state index contributed by atoms with van der Waals surface area (Å²) >= 11 is 1.66. The first-order valence-corrected chi connectivity index (χ1v) is 8.70. The van der Waals surface area contributed by atoms with Crippen molar-refractivity contribution in [1.82, 2.24) is 10.2 Å². The summed E-state index contributed by atoms with van der Waals surface area (Å²) in [4.78, 5) is 13.2. The van der Waals surface area contributed by atoms with Crippen LogP contribution in [0.4, 0.5) is 6.01 Å². The van der Waals surface area contributed by atoms with E-state index in [0.717, 1.165) is 21.6 Å². The lowest BCUT2D eigenvalue weighted by molar-refractivity contribution is -0.115. The van der Waals surface area contributed by atoms with Crippen LogP contribution in [-0.2, 0) is 11.2 Å². The van der Waals surface area contributed by atoms with Gasteiger partial charge >= 0.3 is 6.01 Å². The van der Waals surface area contributed by atoms with Gasteiger partial charge in [-0.3, -0.25) is 10.1 Å². The van der Waals surface area contributed by atoms with Gasteiger partial charge < -0.3 is 4.42 Å². The number of thioether (sulfide) groups is 1. The minimum absolute atomic E-state index is 0.107. The maximum atomic E-state index is 12.1. The van der Waals surface area contributed by atoms with E-state index in [2.05, 4.69) is 15.5 Å². The summed E-state index contributed by atoms with van der Waals surface area (Å²) in [7, 11) is 0. The number of hydrogen-bond donors (Lipinski definition) is 1. The van der Waals surface area contributed by atoms with Gasteiger partial charge in [-0.15, -0.1) is 16.9 Å². The third kappa shape index (κ3) is 4.02. The fourth-order valence-corrected chi connectivity index (χ4v) is 2.59. The number of nitrogens with one attached hydrogen (secondary N) is 1. The highest BCUT2D eigenvalue weighted by atomic mass is 32.2. The smallest absolute Gasteiger partial charge is 0.322 e. The van der Waals surface area contributed by atoms with Crippen molar-refractivity contribution in [2.75, 3.05) is 11.6 Å². The topological polar surface area (TPSA) is 68.0 Å². The Morgan fingerprint density at radius 1 is 1.08 bits per heavy atom. The molecule has 1 heterocycles. The van der Waals surface area contributed by atoms with E-state index in [1.807, 2.05) is 61.7 Å². The molecule has 0 bridgehead atoms. The molecule has 3 aromatic rings. The van der Waals surface area contributed by atoms with Crippen molar-refractivity contribution < 1.29 is 9.21 Å². The van der Waals surface area contributed by atoms with E-state index in [9.17, 15) is 4.79 Å². The second-order valence-corrected chi connectivity index (χ2v) is 6.23. The van der Waals surface area contributed by atoms with Crippen molar-refractivity contribution in [3.8, 4) is 11.5 Å². The fraction of sp³-hybridized carbons (Fsp3) is 0.167. The van der Waals surface area contributed by atoms with Crippen LogP contribution in [0.2, 0.25) is 0 Å². The first-order valence-electron chi connectivity index (χ1n) is 7.47. The molecular weight excluding hydrogens is 322 g/mol. The van der Waals surface area contributed by atoms with Crippen LogP contribution in [0, 0.1) is 6.92 Å². The van der Waals surface area contributed by atoms with Gasteiger partial charge in [-0.05, 0) is 43.0 Å². The Balaban J connectivity index is 1.64. The molecule has 6 heteroatoms. The van der Waals surface area contributed by atoms with Crippen LogP contribution in [0.15, 0.2) is 57.8 Å². The van der Waals surface area contributed by atoms with Crippen LogP contribution in [0.25, 0.3) is 11.5 Å². The van der Waals surface area contributed by atoms with Crippen molar-refractivity contribution in [1.29, 1.82) is 0 Å². The van der Waals surface area contributed by atoms with Crippen molar-refractivity contribution in [3.05, 3.63) is 59.7 Å². The molecule has 0 saturated heterocycles. The molecule has 2 aromatic carbocycles. The SMILES string of the molecule is CSc1ccc(-c2nnc(NC(=O)Cc3ccc(C)cc3)o2)cc1. The minimum Gasteiger partial charge on any atom is -0.403 e. The van der Waals surface area contributed by atoms with Gasteiger partial charge in [0, 0.05) is 10.5 Å². The average Bonchev–Trinajstić information content (AvgIpc) is 3.05. The molecule has 1 amide bonds. The highest BCUT2D eigenvalue weighted by Gasteiger charge is 2.11. The number of benzene rings is 2. The van der Waals surface area contributed by atoms with Crippen molar-refractivity contribution in [2.45, 2.75) is 18.2 Å². The van der Waals surface area contributed by atoms with Gasteiger partial charge in [0.2, 0.25) is 11.8 Å². The van der Waals surface area contributed by atoms with E-state index in [4.69, 9.17) is 4.42 Å². The zero-order valence-corrected chi connectivity index (χ0v) is 14.3. The van der Waals surface area contributed by atoms with Gasteiger partial charge in [0.05, 0.1) is 6.42 Å². The Labute approximate surface area is 144 Å². The van der Waals surface area contributed by atoms with Gasteiger partial charge in [-0.1, -0.05) is 34.9 Å². The number of aromatic nitrogens is 2. The van der Waals surface area contributed by atoms with E-state index in [1.54, 1.807) is 11.8 Å². The number of amides is 1. The normalized spacial score (nSPS) is 10.6. The van der Waals surface area contributed by atoms with Crippen LogP contribution >= 0.6 is 11.8 Å². The van der Waals surface area contributed by atoms with Gasteiger partial charge in [-0.25, -0.2) is 0 Å². The molecule has 0 aliphatic rings. The van der Waals surface area contributed by atoms with Crippen LogP contribution in [0.3, 0.4) is 0 Å². The average molecular weight is 339 g/mol. The Morgan fingerprint density at radius 2 is 1.79 bits per heavy atom. The molecule has 1 aromatic heterocycles. The Morgan fingerprint density at radius 3 is 2.46 bits per heavy atom. The minimum atomic E-state index is -0.188. The summed E-state index contributed by atoms with van der Waals surface area (Å²) in [6, 6.07) is 15.7. The lowest BCUT2D eigenvalue weighted by Gasteiger charge is -2.01. The quantitative estimate of drug-likeness (QED) is 0.713. The van der Waals surface area contributed by atoms with Gasteiger partial charge in [-0.2, -0.15) is 0 Å². The van der Waals surface area contributed by atoms with E-state index in [1.165, 1.54) is 0 Å². The molecule has 24 heavy (non-hydrogen) atoms. The van der Waals surface area contributed by atoms with Gasteiger partial charge in [0.25, 0.3) is 0 Å². The number of rotatable bonds is 5. The monoisotopic (exact) mass is 339 g/mol. The van der Waals surface area contributed by atoms with Crippen LogP contribution in [-0.4, -0.2) is 22.4 Å². The maximum absolute atomic E-state index is 12.1. The molecule has 0 aliphatic carbocycles. The van der Waals surface area contributed by atoms with E-state index in [-0.39, 0.29) is 18.3 Å². The summed E-state index contributed by atoms with van der Waals surface area (Å²) < 4.78 is 5.51. The van der Waals surface area contributed by atoms with Crippen molar-refractivity contribution in [2.24, 2.45) is 0 Å². The second-order valence-electron chi connectivity index (χ2n) is 5.35. The predicted octanol–water partition coefficient (Wildman–Crippen LogP) is 3.95. The third-order valence-electron chi connectivity index (χ3n) is 3.49. The Kier molecular flexibility index (Phi) is 4.96. The molecule has 0 atom stereocenters. The molecule has 0 fully saturated rings. The summed E-state index contributed by atoms with van der Waals surface area (Å²) in [5.41, 5.74) is 2.91. The number of anilines is 1. The number of hydrogen-bond acceptors (Lipinski definition) is 5. The first kappa shape index (κ1) is 16.3. The largest absolute Gasteiger partial charge is 0.403 e. The first-order chi connectivity index (χ1) is 11.6. The summed E-state index contributed by atoms with van der Waals surface area (Å²) in [5, 5.41) is 10.5. The van der Waals surface area contributed by atoms with Crippen LogP contribution in [0.5, 0.6) is 0 Å². The maximum Gasteiger partial charge on any atom is 0.322 e. The predicted molar refractivity (Wildman–Crippen MR) is 95.0 cm³/mol. The lowest BCUT2D eigenvalue weighted by atomic mass is 10.1. The Hall–Kier alpha value is -2.60. The lowest BCUT2D eigenvalue weighted by Crippen LogP contribution is -2.14. The molecule has 1 N–H and O–H groups in total. The fourth-order valence-electron chi connectivity index (χ4n) is 2.18. The highest BCUT2D eigenvalue weighted by molar-refractivity contribution is 7.98. The molecule has 0 saturated carbocycles. The van der Waals surface area contributed by atoms with Gasteiger partial charge in [0.15, 0.2) is 0 Å². The summed E-state index contributed by atoms with van der Waals surface area (Å²) in [6.45, 7) is 2.01. The second kappa shape index (κ2) is 7.31. The molecular formula is C18H17N3O2S. The van der Waals surface area contributed by atoms with Crippen molar-refractivity contribution in [3.63, 3.8) is 0 Å². The van der Waals surface area contributed by atoms with Crippen molar-refractivity contribution >= 4 is 23.7 Å². The van der Waals surface area contributed by atoms with Gasteiger partial charge in [0.1, 0.15) is 0 Å². The number of aryl methyl sites for hydroxylation is 1. The highest BCUT2D eigenvalue weighted by Crippen LogP contribution is 2.23. The number of carbonyl (C=O) groups is 1. The summed E-state index contributed by atoms with van der Waals surface area (Å²) in [5.74, 6) is 0.195. The zero-order chi connectivity index (χ0) is 16.9. The van der Waals surface area contributed by atoms with E-state index in [0.29, 0.717) is 5.89 Å². The van der Waals surface area contributed by atoms with E-state index >= 15 is 0 Å². The third-order valence-corrected chi connectivity index (χ3v) is 4.24. The molecule has 3 rings (SSSR count). The molecule has 0 aliphatic heterocycles. The molecule has 5 nitrogen and oxygen atoms in total. The number of carbonyl (C=O) groups excluding carboxylic acids is 1. The van der Waals surface area contributed by atoms with Crippen LogP contribution < -0.4 is 5.32 Å². The van der Waals surface area contributed by atoms with Crippen LogP contribution in [0.1, 0.15) is 11.1 Å². The molecule has 0 radical (unpaired) electrons.